The summed E-state index contributed by atoms with van der Waals surface area (Å²) in [5.41, 5.74) is 0. The van der Waals surface area contributed by atoms with Crippen LogP contribution in [0, 0.1) is 0 Å². The normalized spacial score (nSPS) is 19.5. The second kappa shape index (κ2) is 11.9. The molecule has 0 bridgehead atoms. The number of carboxylic acid groups (broad SMARTS) is 1. The smallest absolute Gasteiger partial charge is 0.300 e. The second-order valence-electron chi connectivity index (χ2n) is 4.60. The van der Waals surface area contributed by atoms with E-state index in [-0.39, 0.29) is 11.8 Å². The molecule has 5 nitrogen and oxygen atoms in total. The van der Waals surface area contributed by atoms with E-state index in [4.69, 9.17) is 9.90 Å². The summed E-state index contributed by atoms with van der Waals surface area (Å²) in [6.07, 6.45) is 1.30. The third-order valence-corrected chi connectivity index (χ3v) is 4.99. The minimum Gasteiger partial charge on any atom is -0.481 e. The Morgan fingerprint density at radius 2 is 1.76 bits per heavy atom. The van der Waals surface area contributed by atoms with E-state index in [0.29, 0.717) is 32.2 Å². The predicted molar refractivity (Wildman–Crippen MR) is 83.7 cm³/mol. The summed E-state index contributed by atoms with van der Waals surface area (Å²) in [7, 11) is -3.09. The standard InChI is InChI=1S/C10H20FNO2S.C2H4O2.C2H6/c1-3-9(11)8-10(4-2)12-6-5-7-15(12,13)14;1-2(3)4;1-2/h9-10H,3-8H2,1-2H3;1H3,(H,3,4);1-2H3/t9-,10+;;/m1../s1. The summed E-state index contributed by atoms with van der Waals surface area (Å²) in [5.74, 6) is -0.605. The Bertz CT molecular complexity index is 369. The van der Waals surface area contributed by atoms with Crippen LogP contribution in [-0.2, 0) is 14.8 Å². The number of sulfonamides is 1. The molecule has 0 aromatic carbocycles. The van der Waals surface area contributed by atoms with E-state index in [1.807, 2.05) is 20.8 Å². The van der Waals surface area contributed by atoms with Crippen LogP contribution in [0.5, 0.6) is 0 Å². The fourth-order valence-electron chi connectivity index (χ4n) is 2.02. The predicted octanol–water partition coefficient (Wildman–Crippen LogP) is 3.06. The Kier molecular flexibility index (Phi) is 12.8. The number of aliphatic carboxylic acids is 1. The van der Waals surface area contributed by atoms with Gasteiger partial charge in [-0.15, -0.1) is 0 Å². The van der Waals surface area contributed by atoms with Crippen molar-refractivity contribution in [1.82, 2.24) is 4.31 Å². The Morgan fingerprint density at radius 1 is 1.29 bits per heavy atom. The molecule has 21 heavy (non-hydrogen) atoms. The van der Waals surface area contributed by atoms with Crippen LogP contribution < -0.4 is 0 Å². The first-order valence-electron chi connectivity index (χ1n) is 7.57. The fraction of sp³-hybridized carbons (Fsp3) is 0.929. The van der Waals surface area contributed by atoms with Gasteiger partial charge in [0.1, 0.15) is 6.17 Å². The molecule has 2 atom stereocenters. The van der Waals surface area contributed by atoms with Gasteiger partial charge in [0, 0.05) is 19.5 Å². The molecule has 1 N–H and O–H groups in total. The summed E-state index contributed by atoms with van der Waals surface area (Å²) >= 11 is 0. The first kappa shape index (κ1) is 22.6. The van der Waals surface area contributed by atoms with Crippen LogP contribution in [-0.4, -0.2) is 48.3 Å². The summed E-state index contributed by atoms with van der Waals surface area (Å²) in [6, 6.07) is -0.146. The van der Waals surface area contributed by atoms with Gasteiger partial charge in [0.25, 0.3) is 5.97 Å². The third-order valence-electron chi connectivity index (χ3n) is 2.99. The highest BCUT2D eigenvalue weighted by atomic mass is 32.2. The van der Waals surface area contributed by atoms with Crippen LogP contribution >= 0.6 is 0 Å². The summed E-state index contributed by atoms with van der Waals surface area (Å²) in [4.78, 5) is 9.00. The van der Waals surface area contributed by atoms with Crippen LogP contribution in [0.1, 0.15) is 60.3 Å². The molecule has 0 radical (unpaired) electrons. The molecule has 1 aliphatic heterocycles. The molecule has 1 heterocycles. The van der Waals surface area contributed by atoms with Crippen molar-refractivity contribution in [1.29, 1.82) is 0 Å². The van der Waals surface area contributed by atoms with Gasteiger partial charge < -0.3 is 5.11 Å². The molecule has 128 valence electrons. The molecule has 0 saturated carbocycles. The number of carboxylic acids is 1. The van der Waals surface area contributed by atoms with Crippen molar-refractivity contribution < 1.29 is 22.7 Å². The highest BCUT2D eigenvalue weighted by molar-refractivity contribution is 7.89. The number of halogens is 1. The molecule has 1 aliphatic rings. The largest absolute Gasteiger partial charge is 0.481 e. The zero-order chi connectivity index (χ0) is 17.1. The van der Waals surface area contributed by atoms with Crippen molar-refractivity contribution in [2.45, 2.75) is 72.5 Å². The zero-order valence-electron chi connectivity index (χ0n) is 13.8. The molecule has 0 aliphatic carbocycles. The first-order chi connectivity index (χ1) is 9.74. The highest BCUT2D eigenvalue weighted by Gasteiger charge is 2.34. The summed E-state index contributed by atoms with van der Waals surface area (Å²) in [5, 5.41) is 7.42. The molecule has 0 aromatic heterocycles. The van der Waals surface area contributed by atoms with Crippen LogP contribution in [0.15, 0.2) is 0 Å². The number of alkyl halides is 1. The zero-order valence-corrected chi connectivity index (χ0v) is 14.6. The number of nitrogens with zero attached hydrogens (tertiary/aromatic N) is 1. The van der Waals surface area contributed by atoms with Gasteiger partial charge in [0.2, 0.25) is 10.0 Å². The molecular weight excluding hydrogens is 297 g/mol. The van der Waals surface area contributed by atoms with Crippen molar-refractivity contribution in [2.75, 3.05) is 12.3 Å². The number of carbonyl (C=O) groups is 1. The van der Waals surface area contributed by atoms with Crippen LogP contribution in [0.25, 0.3) is 0 Å². The van der Waals surface area contributed by atoms with E-state index in [9.17, 15) is 12.8 Å². The Labute approximate surface area is 128 Å². The van der Waals surface area contributed by atoms with Gasteiger partial charge in [-0.05, 0) is 25.7 Å². The van der Waals surface area contributed by atoms with E-state index in [0.717, 1.165) is 6.92 Å². The lowest BCUT2D eigenvalue weighted by Gasteiger charge is -2.26. The van der Waals surface area contributed by atoms with E-state index >= 15 is 0 Å². The van der Waals surface area contributed by atoms with Gasteiger partial charge in [0.15, 0.2) is 0 Å². The minimum atomic E-state index is -3.09. The molecule has 0 aromatic rings. The molecule has 1 rings (SSSR count). The Morgan fingerprint density at radius 3 is 2.05 bits per heavy atom. The average molecular weight is 327 g/mol. The second-order valence-corrected chi connectivity index (χ2v) is 6.64. The van der Waals surface area contributed by atoms with Crippen molar-refractivity contribution in [3.63, 3.8) is 0 Å². The molecule has 0 unspecified atom stereocenters. The van der Waals surface area contributed by atoms with Gasteiger partial charge in [-0.25, -0.2) is 12.8 Å². The molecule has 7 heteroatoms. The molecule has 0 amide bonds. The summed E-state index contributed by atoms with van der Waals surface area (Å²) < 4.78 is 38.0. The lowest BCUT2D eigenvalue weighted by atomic mass is 10.1. The first-order valence-corrected chi connectivity index (χ1v) is 9.18. The van der Waals surface area contributed by atoms with Crippen molar-refractivity contribution >= 4 is 16.0 Å². The maximum Gasteiger partial charge on any atom is 0.300 e. The quantitative estimate of drug-likeness (QED) is 0.842. The van der Waals surface area contributed by atoms with E-state index < -0.39 is 22.2 Å². The molecule has 1 fully saturated rings. The highest BCUT2D eigenvalue weighted by Crippen LogP contribution is 2.23. The lowest BCUT2D eigenvalue weighted by Crippen LogP contribution is -2.37. The Hall–Kier alpha value is -0.690. The minimum absolute atomic E-state index is 0.146. The van der Waals surface area contributed by atoms with Crippen LogP contribution in [0.4, 0.5) is 4.39 Å². The van der Waals surface area contributed by atoms with Gasteiger partial charge in [-0.2, -0.15) is 4.31 Å². The van der Waals surface area contributed by atoms with Gasteiger partial charge in [-0.3, -0.25) is 4.79 Å². The van der Waals surface area contributed by atoms with Crippen LogP contribution in [0.2, 0.25) is 0 Å². The van der Waals surface area contributed by atoms with E-state index in [1.54, 1.807) is 6.92 Å². The topological polar surface area (TPSA) is 74.7 Å². The average Bonchev–Trinajstić information content (AvgIpc) is 2.77. The maximum atomic E-state index is 13.3. The van der Waals surface area contributed by atoms with Crippen molar-refractivity contribution in [3.8, 4) is 0 Å². The van der Waals surface area contributed by atoms with Crippen molar-refractivity contribution in [2.24, 2.45) is 0 Å². The fourth-order valence-corrected chi connectivity index (χ4v) is 3.84. The lowest BCUT2D eigenvalue weighted by molar-refractivity contribution is -0.134. The summed E-state index contributed by atoms with van der Waals surface area (Å²) in [6.45, 7) is 9.36. The number of hydrogen-bond donors (Lipinski definition) is 1. The van der Waals surface area contributed by atoms with Crippen molar-refractivity contribution in [3.05, 3.63) is 0 Å². The third kappa shape index (κ3) is 9.79. The maximum absolute atomic E-state index is 13.3. The Balaban J connectivity index is 0. The van der Waals surface area contributed by atoms with E-state index in [2.05, 4.69) is 0 Å². The SMILES string of the molecule is CC.CC(=O)O.CC[C@@H](F)C[C@H](CC)N1CCCS1(=O)=O. The molecule has 0 spiro atoms. The number of rotatable bonds is 5. The van der Waals surface area contributed by atoms with Gasteiger partial charge in [0.05, 0.1) is 5.75 Å². The molecular formula is C14H30FNO4S. The van der Waals surface area contributed by atoms with Gasteiger partial charge in [-0.1, -0.05) is 27.7 Å². The molecule has 1 saturated heterocycles. The van der Waals surface area contributed by atoms with Gasteiger partial charge >= 0.3 is 0 Å². The van der Waals surface area contributed by atoms with E-state index in [1.165, 1.54) is 4.31 Å². The van der Waals surface area contributed by atoms with Crippen LogP contribution in [0.3, 0.4) is 0 Å². The monoisotopic (exact) mass is 327 g/mol. The number of hydrogen-bond acceptors (Lipinski definition) is 3.